The van der Waals surface area contributed by atoms with E-state index in [4.69, 9.17) is 4.98 Å². The van der Waals surface area contributed by atoms with Gasteiger partial charge in [0.2, 0.25) is 5.95 Å². The molecule has 1 amide bonds. The minimum Gasteiger partial charge on any atom is -0.465 e. The van der Waals surface area contributed by atoms with Crippen LogP contribution in [0.15, 0.2) is 33.8 Å². The van der Waals surface area contributed by atoms with E-state index < -0.39 is 11.6 Å². The number of nitrogens with one attached hydrogen (secondary N) is 1. The van der Waals surface area contributed by atoms with Crippen LogP contribution in [0, 0.1) is 6.92 Å². The van der Waals surface area contributed by atoms with E-state index in [9.17, 15) is 14.7 Å². The number of carbonyl (C=O) groups is 1. The molecule has 1 saturated carbocycles. The largest absolute Gasteiger partial charge is 0.465 e. The molecule has 190 valence electrons. The lowest BCUT2D eigenvalue weighted by atomic mass is 9.99. The van der Waals surface area contributed by atoms with E-state index in [0.29, 0.717) is 41.5 Å². The van der Waals surface area contributed by atoms with Crippen LogP contribution in [0.3, 0.4) is 0 Å². The van der Waals surface area contributed by atoms with Crippen molar-refractivity contribution in [1.82, 2.24) is 24.4 Å². The van der Waals surface area contributed by atoms with E-state index in [1.807, 2.05) is 37.5 Å². The van der Waals surface area contributed by atoms with Crippen LogP contribution in [0.25, 0.3) is 11.0 Å². The van der Waals surface area contributed by atoms with Gasteiger partial charge in [-0.1, -0.05) is 12.8 Å². The summed E-state index contributed by atoms with van der Waals surface area (Å²) < 4.78 is 2.39. The van der Waals surface area contributed by atoms with Gasteiger partial charge in [0, 0.05) is 37.3 Å². The van der Waals surface area contributed by atoms with E-state index in [-0.39, 0.29) is 11.6 Å². The Labute approximate surface area is 217 Å². The van der Waals surface area contributed by atoms with Crippen molar-refractivity contribution in [1.29, 1.82) is 0 Å². The SMILES string of the molecule is Cc1c(Br)c(=O)n(C2CCCC2)c2nc(Nc3ccc(N4CCN(C(=O)O)C(C)(C)C4)cn3)ncc12. The smallest absolute Gasteiger partial charge is 0.407 e. The van der Waals surface area contributed by atoms with Crippen LogP contribution in [0.1, 0.15) is 51.1 Å². The lowest BCUT2D eigenvalue weighted by Crippen LogP contribution is -2.60. The average molecular weight is 556 g/mol. The lowest BCUT2D eigenvalue weighted by molar-refractivity contribution is 0.0845. The second-order valence-electron chi connectivity index (χ2n) is 10.2. The molecule has 10 nitrogen and oxygen atoms in total. The minimum absolute atomic E-state index is 0.0510. The normalized spacial score (nSPS) is 18.1. The number of aromatic nitrogens is 4. The second kappa shape index (κ2) is 9.34. The maximum atomic E-state index is 13.1. The molecule has 0 spiro atoms. The first-order valence-corrected chi connectivity index (χ1v) is 13.0. The summed E-state index contributed by atoms with van der Waals surface area (Å²) >= 11 is 3.48. The Kier molecular flexibility index (Phi) is 6.36. The average Bonchev–Trinajstić information content (AvgIpc) is 3.37. The maximum Gasteiger partial charge on any atom is 0.407 e. The third-order valence-corrected chi connectivity index (χ3v) is 8.25. The molecule has 2 N–H and O–H groups in total. The Bertz CT molecular complexity index is 1370. The van der Waals surface area contributed by atoms with Gasteiger partial charge in [0.25, 0.3) is 5.56 Å². The fourth-order valence-corrected chi connectivity index (χ4v) is 5.76. The highest BCUT2D eigenvalue weighted by molar-refractivity contribution is 9.10. The first kappa shape index (κ1) is 24.5. The van der Waals surface area contributed by atoms with Gasteiger partial charge in [-0.25, -0.2) is 14.8 Å². The van der Waals surface area contributed by atoms with Gasteiger partial charge in [-0.3, -0.25) is 14.3 Å². The van der Waals surface area contributed by atoms with Gasteiger partial charge in [0.05, 0.1) is 21.9 Å². The molecule has 5 rings (SSSR count). The fourth-order valence-electron chi connectivity index (χ4n) is 5.35. The van der Waals surface area contributed by atoms with Gasteiger partial charge in [0.1, 0.15) is 11.5 Å². The molecule has 0 unspecified atom stereocenters. The van der Waals surface area contributed by atoms with Crippen molar-refractivity contribution in [3.8, 4) is 0 Å². The summed E-state index contributed by atoms with van der Waals surface area (Å²) in [5, 5.41) is 13.5. The zero-order valence-electron chi connectivity index (χ0n) is 20.7. The topological polar surface area (TPSA) is 116 Å². The minimum atomic E-state index is -0.895. The highest BCUT2D eigenvalue weighted by Gasteiger charge is 2.37. The number of pyridine rings is 2. The van der Waals surface area contributed by atoms with Crippen LogP contribution in [-0.2, 0) is 0 Å². The Morgan fingerprint density at radius 1 is 1.17 bits per heavy atom. The van der Waals surface area contributed by atoms with E-state index in [2.05, 4.69) is 36.1 Å². The van der Waals surface area contributed by atoms with Crippen LogP contribution in [0.2, 0.25) is 0 Å². The number of amides is 1. The van der Waals surface area contributed by atoms with Crippen LogP contribution >= 0.6 is 15.9 Å². The summed E-state index contributed by atoms with van der Waals surface area (Å²) in [5.41, 5.74) is 1.85. The van der Waals surface area contributed by atoms with Gasteiger partial charge in [-0.15, -0.1) is 0 Å². The van der Waals surface area contributed by atoms with Crippen molar-refractivity contribution in [3.05, 3.63) is 44.9 Å². The molecule has 36 heavy (non-hydrogen) atoms. The Morgan fingerprint density at radius 3 is 2.56 bits per heavy atom. The summed E-state index contributed by atoms with van der Waals surface area (Å²) in [4.78, 5) is 42.0. The number of piperazine rings is 1. The number of carboxylic acid groups (broad SMARTS) is 1. The van der Waals surface area contributed by atoms with Crippen LogP contribution in [0.4, 0.5) is 22.2 Å². The van der Waals surface area contributed by atoms with E-state index >= 15 is 0 Å². The monoisotopic (exact) mass is 555 g/mol. The molecule has 4 heterocycles. The highest BCUT2D eigenvalue weighted by atomic mass is 79.9. The number of rotatable bonds is 4. The standard InChI is InChI=1S/C25H30BrN7O3/c1-15-18-13-28-23(30-21(18)33(22(34)20(15)26)16-6-4-5-7-16)29-19-9-8-17(12-27-19)31-10-11-32(24(35)36)25(2,3)14-31/h8-9,12-13,16H,4-7,10-11,14H2,1-3H3,(H,35,36)(H,27,28,29,30). The van der Waals surface area contributed by atoms with Gasteiger partial charge >= 0.3 is 6.09 Å². The number of fused-ring (bicyclic) bond motifs is 1. The zero-order valence-corrected chi connectivity index (χ0v) is 22.2. The van der Waals surface area contributed by atoms with Gasteiger partial charge in [0.15, 0.2) is 0 Å². The molecule has 11 heteroatoms. The first-order valence-electron chi connectivity index (χ1n) is 12.2. The first-order chi connectivity index (χ1) is 17.2. The van der Waals surface area contributed by atoms with Gasteiger partial charge < -0.3 is 15.3 Å². The van der Waals surface area contributed by atoms with Crippen molar-refractivity contribution in [3.63, 3.8) is 0 Å². The number of aryl methyl sites for hydroxylation is 1. The second-order valence-corrected chi connectivity index (χ2v) is 11.0. The Morgan fingerprint density at radius 2 is 1.92 bits per heavy atom. The van der Waals surface area contributed by atoms with Crippen molar-refractivity contribution in [2.45, 2.75) is 58.0 Å². The van der Waals surface area contributed by atoms with Gasteiger partial charge in [-0.05, 0) is 67.2 Å². The third kappa shape index (κ3) is 4.40. The molecule has 3 aromatic rings. The molecule has 2 aliphatic rings. The number of hydrogen-bond acceptors (Lipinski definition) is 7. The van der Waals surface area contributed by atoms with Gasteiger partial charge in [-0.2, -0.15) is 4.98 Å². The Balaban J connectivity index is 1.40. The number of nitrogens with zero attached hydrogens (tertiary/aromatic N) is 6. The molecule has 1 aliphatic heterocycles. The summed E-state index contributed by atoms with van der Waals surface area (Å²) in [6.07, 6.45) is 6.79. The van der Waals surface area contributed by atoms with Crippen molar-refractivity contribution in [2.24, 2.45) is 0 Å². The molecule has 1 aliphatic carbocycles. The van der Waals surface area contributed by atoms with E-state index in [1.54, 1.807) is 12.4 Å². The molecule has 0 bridgehead atoms. The van der Waals surface area contributed by atoms with E-state index in [1.165, 1.54) is 4.90 Å². The predicted molar refractivity (Wildman–Crippen MR) is 142 cm³/mol. The van der Waals surface area contributed by atoms with Crippen LogP contribution in [0.5, 0.6) is 0 Å². The third-order valence-electron chi connectivity index (χ3n) is 7.31. The van der Waals surface area contributed by atoms with Crippen molar-refractivity contribution < 1.29 is 9.90 Å². The summed E-state index contributed by atoms with van der Waals surface area (Å²) in [5.74, 6) is 0.969. The Hall–Kier alpha value is -3.21. The zero-order chi connectivity index (χ0) is 25.6. The molecule has 3 aromatic heterocycles. The summed E-state index contributed by atoms with van der Waals surface area (Å²) in [6.45, 7) is 7.38. The number of halogens is 1. The number of hydrogen-bond donors (Lipinski definition) is 2. The van der Waals surface area contributed by atoms with Crippen LogP contribution in [-0.4, -0.2) is 60.8 Å². The molecule has 1 saturated heterocycles. The van der Waals surface area contributed by atoms with Crippen molar-refractivity contribution >= 4 is 50.5 Å². The molecule has 0 aromatic carbocycles. The number of anilines is 3. The molecule has 0 atom stereocenters. The molecular weight excluding hydrogens is 526 g/mol. The quantitative estimate of drug-likeness (QED) is 0.476. The molecular formula is C25H30BrN7O3. The summed E-state index contributed by atoms with van der Waals surface area (Å²) in [7, 11) is 0. The summed E-state index contributed by atoms with van der Waals surface area (Å²) in [6, 6.07) is 3.96. The predicted octanol–water partition coefficient (Wildman–Crippen LogP) is 4.69. The molecule has 2 fully saturated rings. The molecule has 0 radical (unpaired) electrons. The highest BCUT2D eigenvalue weighted by Crippen LogP contribution is 2.33. The lowest BCUT2D eigenvalue weighted by Gasteiger charge is -2.46. The van der Waals surface area contributed by atoms with E-state index in [0.717, 1.165) is 42.3 Å². The van der Waals surface area contributed by atoms with Crippen LogP contribution < -0.4 is 15.8 Å². The maximum absolute atomic E-state index is 13.1. The fraction of sp³-hybridized carbons (Fsp3) is 0.480. The van der Waals surface area contributed by atoms with Crippen molar-refractivity contribution in [2.75, 3.05) is 29.9 Å².